The summed E-state index contributed by atoms with van der Waals surface area (Å²) in [5, 5.41) is 0.296. The van der Waals surface area contributed by atoms with E-state index in [0.717, 1.165) is 11.3 Å². The van der Waals surface area contributed by atoms with Gasteiger partial charge in [-0.1, -0.05) is 47.5 Å². The Balaban J connectivity index is 1.90. The smallest absolute Gasteiger partial charge is 0.288 e. The summed E-state index contributed by atoms with van der Waals surface area (Å²) in [6.07, 6.45) is 0. The molecule has 1 saturated heterocycles. The number of para-hydroxylation sites is 1. The van der Waals surface area contributed by atoms with Gasteiger partial charge in [0.25, 0.3) is 5.56 Å². The number of halogens is 2. The summed E-state index contributed by atoms with van der Waals surface area (Å²) >= 11 is 14.0. The summed E-state index contributed by atoms with van der Waals surface area (Å²) in [6.45, 7) is 3.69. The minimum atomic E-state index is -0.403. The van der Waals surface area contributed by atoms with Gasteiger partial charge in [0.2, 0.25) is 5.91 Å². The number of carbonyl (C=O) groups excluding carboxylic acids is 1. The van der Waals surface area contributed by atoms with Crippen molar-refractivity contribution in [3.8, 4) is 5.69 Å². The minimum Gasteiger partial charge on any atom is -0.288 e. The van der Waals surface area contributed by atoms with Crippen LogP contribution in [0.25, 0.3) is 5.69 Å². The van der Waals surface area contributed by atoms with Gasteiger partial charge in [-0.15, -0.1) is 11.8 Å². The molecule has 3 aromatic rings. The number of aromatic nitrogens is 2. The molecule has 1 aliphatic rings. The molecule has 150 valence electrons. The molecule has 0 saturated carbocycles. The second-order valence-corrected chi connectivity index (χ2v) is 9.18. The highest BCUT2D eigenvalue weighted by atomic mass is 35.5. The molecule has 1 amide bonds. The number of nitrogens with zero attached hydrogens (tertiary/aromatic N) is 3. The Morgan fingerprint density at radius 3 is 2.38 bits per heavy atom. The van der Waals surface area contributed by atoms with Gasteiger partial charge in [0, 0.05) is 22.7 Å². The zero-order chi connectivity index (χ0) is 20.9. The number of anilines is 1. The summed E-state index contributed by atoms with van der Waals surface area (Å²) < 4.78 is 3.35. The van der Waals surface area contributed by atoms with Gasteiger partial charge in [-0.05, 0) is 38.1 Å². The maximum Gasteiger partial charge on any atom is 0.295 e. The number of benzene rings is 2. The Hall–Kier alpha value is -2.15. The van der Waals surface area contributed by atoms with Crippen LogP contribution < -0.4 is 10.5 Å². The third-order valence-electron chi connectivity index (χ3n) is 5.15. The second-order valence-electron chi connectivity index (χ2n) is 6.91. The lowest BCUT2D eigenvalue weighted by atomic mass is 10.2. The third kappa shape index (κ3) is 3.29. The monoisotopic (exact) mass is 447 g/mol. The van der Waals surface area contributed by atoms with E-state index in [-0.39, 0.29) is 16.7 Å². The fraction of sp³-hybridized carbons (Fsp3) is 0.238. The predicted octanol–water partition coefficient (Wildman–Crippen LogP) is 4.96. The first-order valence-electron chi connectivity index (χ1n) is 9.08. The fourth-order valence-corrected chi connectivity index (χ4v) is 5.47. The van der Waals surface area contributed by atoms with E-state index in [1.54, 1.807) is 26.4 Å². The standard InChI is InChI=1S/C21H19Cl2N3O2S/c1-12-18(20(28)26(24(12)3)15-7-5-4-6-8-15)25-19(27)13(2)29-21(25)16-10-9-14(22)11-17(16)23/h4-11,13,21H,1-3H3/t13-,21+/m0/s1. The maximum atomic E-state index is 13.5. The third-order valence-corrected chi connectivity index (χ3v) is 7.04. The first-order valence-corrected chi connectivity index (χ1v) is 10.8. The Labute approximate surface area is 182 Å². The van der Waals surface area contributed by atoms with Crippen molar-refractivity contribution in [2.24, 2.45) is 7.05 Å². The first-order chi connectivity index (χ1) is 13.8. The Morgan fingerprint density at radius 2 is 1.72 bits per heavy atom. The highest BCUT2D eigenvalue weighted by Crippen LogP contribution is 2.47. The molecule has 5 nitrogen and oxygen atoms in total. The second kappa shape index (κ2) is 7.59. The van der Waals surface area contributed by atoms with Crippen LogP contribution in [0.4, 0.5) is 5.69 Å². The van der Waals surface area contributed by atoms with Gasteiger partial charge in [-0.3, -0.25) is 19.2 Å². The van der Waals surface area contributed by atoms with Gasteiger partial charge < -0.3 is 0 Å². The summed E-state index contributed by atoms with van der Waals surface area (Å²) in [6, 6.07) is 14.6. The fourth-order valence-electron chi connectivity index (χ4n) is 3.60. The van der Waals surface area contributed by atoms with Crippen molar-refractivity contribution in [2.45, 2.75) is 24.5 Å². The van der Waals surface area contributed by atoms with Crippen LogP contribution >= 0.6 is 35.0 Å². The zero-order valence-corrected chi connectivity index (χ0v) is 18.4. The molecule has 2 aromatic carbocycles. The molecule has 0 bridgehead atoms. The van der Waals surface area contributed by atoms with E-state index in [2.05, 4.69) is 0 Å². The number of rotatable bonds is 3. The van der Waals surface area contributed by atoms with Crippen molar-refractivity contribution in [3.05, 3.63) is 80.2 Å². The molecular weight excluding hydrogens is 429 g/mol. The van der Waals surface area contributed by atoms with E-state index in [1.165, 1.54) is 11.8 Å². The van der Waals surface area contributed by atoms with Crippen LogP contribution in [0.2, 0.25) is 10.0 Å². The minimum absolute atomic E-state index is 0.114. The highest BCUT2D eigenvalue weighted by molar-refractivity contribution is 8.01. The number of amides is 1. The largest absolute Gasteiger partial charge is 0.295 e. The van der Waals surface area contributed by atoms with Gasteiger partial charge in [0.05, 0.1) is 16.6 Å². The van der Waals surface area contributed by atoms with E-state index in [1.807, 2.05) is 57.3 Å². The molecular formula is C21H19Cl2N3O2S. The van der Waals surface area contributed by atoms with E-state index in [0.29, 0.717) is 21.4 Å². The Morgan fingerprint density at radius 1 is 1.03 bits per heavy atom. The average molecular weight is 448 g/mol. The predicted molar refractivity (Wildman–Crippen MR) is 119 cm³/mol. The zero-order valence-electron chi connectivity index (χ0n) is 16.1. The summed E-state index contributed by atoms with van der Waals surface area (Å²) in [5.41, 5.74) is 2.33. The lowest BCUT2D eigenvalue weighted by Crippen LogP contribution is -2.34. The Bertz CT molecular complexity index is 1160. The number of carbonyl (C=O) groups is 1. The summed E-state index contributed by atoms with van der Waals surface area (Å²) in [7, 11) is 1.81. The van der Waals surface area contributed by atoms with Crippen LogP contribution in [-0.4, -0.2) is 20.5 Å². The Kier molecular flexibility index (Phi) is 5.27. The lowest BCUT2D eigenvalue weighted by Gasteiger charge is -2.24. The SMILES string of the molecule is Cc1c(N2C(=O)[C@H](C)S[C@@H]2c2ccc(Cl)cc2Cl)c(=O)n(-c2ccccc2)n1C. The molecule has 1 fully saturated rings. The van der Waals surface area contributed by atoms with Crippen molar-refractivity contribution >= 4 is 46.6 Å². The summed E-state index contributed by atoms with van der Waals surface area (Å²) in [5.74, 6) is -0.114. The molecule has 0 N–H and O–H groups in total. The van der Waals surface area contributed by atoms with Gasteiger partial charge >= 0.3 is 0 Å². The normalized spacial score (nSPS) is 19.2. The van der Waals surface area contributed by atoms with Gasteiger partial charge in [-0.25, -0.2) is 4.68 Å². The van der Waals surface area contributed by atoms with Crippen LogP contribution in [0, 0.1) is 6.92 Å². The number of thioether (sulfide) groups is 1. The van der Waals surface area contributed by atoms with E-state index in [4.69, 9.17) is 23.2 Å². The van der Waals surface area contributed by atoms with Crippen LogP contribution in [0.5, 0.6) is 0 Å². The molecule has 29 heavy (non-hydrogen) atoms. The number of hydrogen-bond acceptors (Lipinski definition) is 3. The quantitative estimate of drug-likeness (QED) is 0.569. The molecule has 0 unspecified atom stereocenters. The van der Waals surface area contributed by atoms with Crippen LogP contribution in [-0.2, 0) is 11.8 Å². The van der Waals surface area contributed by atoms with Gasteiger partial charge in [0.15, 0.2) is 0 Å². The van der Waals surface area contributed by atoms with Crippen molar-refractivity contribution < 1.29 is 4.79 Å². The van der Waals surface area contributed by atoms with Crippen molar-refractivity contribution in [2.75, 3.05) is 4.90 Å². The molecule has 1 aliphatic heterocycles. The van der Waals surface area contributed by atoms with E-state index in [9.17, 15) is 9.59 Å². The highest BCUT2D eigenvalue weighted by Gasteiger charge is 2.43. The van der Waals surface area contributed by atoms with Crippen molar-refractivity contribution in [1.82, 2.24) is 9.36 Å². The molecule has 4 rings (SSSR count). The lowest BCUT2D eigenvalue weighted by molar-refractivity contribution is -0.117. The molecule has 0 spiro atoms. The topological polar surface area (TPSA) is 47.2 Å². The molecule has 0 aliphatic carbocycles. The first kappa shape index (κ1) is 20.1. The van der Waals surface area contributed by atoms with E-state index < -0.39 is 5.37 Å². The average Bonchev–Trinajstić information content (AvgIpc) is 3.09. The molecule has 8 heteroatoms. The van der Waals surface area contributed by atoms with Crippen LogP contribution in [0.15, 0.2) is 53.3 Å². The van der Waals surface area contributed by atoms with E-state index >= 15 is 0 Å². The maximum absolute atomic E-state index is 13.5. The molecule has 2 heterocycles. The van der Waals surface area contributed by atoms with Crippen LogP contribution in [0.3, 0.4) is 0 Å². The molecule has 1 aromatic heterocycles. The van der Waals surface area contributed by atoms with Gasteiger partial charge in [-0.2, -0.15) is 0 Å². The van der Waals surface area contributed by atoms with Crippen molar-refractivity contribution in [1.29, 1.82) is 0 Å². The number of hydrogen-bond donors (Lipinski definition) is 0. The summed E-state index contributed by atoms with van der Waals surface area (Å²) in [4.78, 5) is 28.1. The van der Waals surface area contributed by atoms with Crippen LogP contribution in [0.1, 0.15) is 23.6 Å². The molecule has 0 radical (unpaired) electrons. The molecule has 2 atom stereocenters. The van der Waals surface area contributed by atoms with Gasteiger partial charge in [0.1, 0.15) is 11.1 Å². The van der Waals surface area contributed by atoms with Crippen molar-refractivity contribution in [3.63, 3.8) is 0 Å².